The van der Waals surface area contributed by atoms with Crippen molar-refractivity contribution < 1.29 is 18.0 Å². The zero-order valence-electron chi connectivity index (χ0n) is 15.7. The summed E-state index contributed by atoms with van der Waals surface area (Å²) < 4.78 is 26.6. The van der Waals surface area contributed by atoms with Crippen molar-refractivity contribution in [3.05, 3.63) is 24.3 Å². The fourth-order valence-electron chi connectivity index (χ4n) is 3.54. The zero-order chi connectivity index (χ0) is 19.4. The number of hydrogen-bond acceptors (Lipinski definition) is 4. The van der Waals surface area contributed by atoms with Crippen LogP contribution in [0.15, 0.2) is 29.2 Å². The Morgan fingerprint density at radius 2 is 1.85 bits per heavy atom. The molecule has 1 aromatic rings. The summed E-state index contributed by atoms with van der Waals surface area (Å²) in [6, 6.07) is 6.26. The van der Waals surface area contributed by atoms with Crippen molar-refractivity contribution in [1.29, 1.82) is 0 Å². The molecule has 2 heterocycles. The molecule has 0 bridgehead atoms. The number of amides is 2. The smallest absolute Gasteiger partial charge is 0.243 e. The molecule has 2 aliphatic rings. The molecule has 0 spiro atoms. The number of unbranched alkanes of at least 4 members (excludes halogenated alkanes) is 1. The molecule has 8 heteroatoms. The Hall–Kier alpha value is -1.93. The van der Waals surface area contributed by atoms with Gasteiger partial charge in [0.05, 0.1) is 10.8 Å². The highest BCUT2D eigenvalue weighted by atomic mass is 32.2. The molecule has 3 rings (SSSR count). The predicted octanol–water partition coefficient (Wildman–Crippen LogP) is 2.06. The van der Waals surface area contributed by atoms with Crippen LogP contribution >= 0.6 is 0 Å². The molecule has 0 aromatic heterocycles. The van der Waals surface area contributed by atoms with Crippen molar-refractivity contribution in [3.63, 3.8) is 0 Å². The number of hydrogen-bond donors (Lipinski definition) is 1. The van der Waals surface area contributed by atoms with Crippen LogP contribution in [0.5, 0.6) is 0 Å². The molecular weight excluding hydrogens is 366 g/mol. The molecule has 1 N–H and O–H groups in total. The largest absolute Gasteiger partial charge is 0.342 e. The van der Waals surface area contributed by atoms with E-state index in [2.05, 4.69) is 12.2 Å². The van der Waals surface area contributed by atoms with E-state index in [4.69, 9.17) is 0 Å². The maximum Gasteiger partial charge on any atom is 0.243 e. The molecule has 2 fully saturated rings. The van der Waals surface area contributed by atoms with Crippen molar-refractivity contribution in [1.82, 2.24) is 9.21 Å². The van der Waals surface area contributed by atoms with Crippen molar-refractivity contribution in [2.45, 2.75) is 43.9 Å². The van der Waals surface area contributed by atoms with Crippen molar-refractivity contribution >= 4 is 27.5 Å². The molecule has 148 valence electrons. The van der Waals surface area contributed by atoms with E-state index in [0.29, 0.717) is 31.9 Å². The van der Waals surface area contributed by atoms with Gasteiger partial charge in [0.2, 0.25) is 21.8 Å². The van der Waals surface area contributed by atoms with Crippen molar-refractivity contribution in [2.75, 3.05) is 31.5 Å². The van der Waals surface area contributed by atoms with Crippen LogP contribution in [0.25, 0.3) is 0 Å². The third-order valence-corrected chi connectivity index (χ3v) is 7.10. The number of carbonyl (C=O) groups is 2. The van der Waals surface area contributed by atoms with E-state index in [9.17, 15) is 18.0 Å². The highest BCUT2D eigenvalue weighted by molar-refractivity contribution is 7.89. The van der Waals surface area contributed by atoms with Crippen molar-refractivity contribution in [2.24, 2.45) is 5.92 Å². The molecule has 1 aromatic carbocycles. The minimum atomic E-state index is -3.45. The number of anilines is 1. The summed E-state index contributed by atoms with van der Waals surface area (Å²) in [4.78, 5) is 26.4. The molecule has 0 radical (unpaired) electrons. The van der Waals surface area contributed by atoms with E-state index in [1.165, 1.54) is 16.4 Å². The number of nitrogens with zero attached hydrogens (tertiary/aromatic N) is 2. The van der Waals surface area contributed by atoms with E-state index in [1.54, 1.807) is 17.0 Å². The molecule has 0 saturated carbocycles. The minimum Gasteiger partial charge on any atom is -0.342 e. The number of nitrogens with one attached hydrogen (secondary N) is 1. The Balaban J connectivity index is 1.60. The molecule has 1 unspecified atom stereocenters. The maximum atomic E-state index is 12.5. The third kappa shape index (κ3) is 4.50. The van der Waals surface area contributed by atoms with Crippen LogP contribution in [-0.2, 0) is 19.6 Å². The summed E-state index contributed by atoms with van der Waals surface area (Å²) >= 11 is 0. The fourth-order valence-corrected chi connectivity index (χ4v) is 5.06. The van der Waals surface area contributed by atoms with Gasteiger partial charge in [-0.1, -0.05) is 13.3 Å². The van der Waals surface area contributed by atoms with Gasteiger partial charge in [-0.25, -0.2) is 8.42 Å². The summed E-state index contributed by atoms with van der Waals surface area (Å²) in [6.45, 7) is 4.34. The Morgan fingerprint density at radius 3 is 2.48 bits per heavy atom. The fraction of sp³-hybridized carbons (Fsp3) is 0.579. The van der Waals surface area contributed by atoms with E-state index in [1.807, 2.05) is 0 Å². The van der Waals surface area contributed by atoms with Crippen LogP contribution in [0.3, 0.4) is 0 Å². The Kier molecular flexibility index (Phi) is 6.16. The highest BCUT2D eigenvalue weighted by Gasteiger charge is 2.34. The van der Waals surface area contributed by atoms with Gasteiger partial charge in [0.1, 0.15) is 0 Å². The summed E-state index contributed by atoms with van der Waals surface area (Å²) in [7, 11) is -3.45. The maximum absolute atomic E-state index is 12.5. The average molecular weight is 394 g/mol. The van der Waals surface area contributed by atoms with Crippen LogP contribution in [0.2, 0.25) is 0 Å². The first-order valence-electron chi connectivity index (χ1n) is 9.60. The summed E-state index contributed by atoms with van der Waals surface area (Å²) in [5.41, 5.74) is 0.542. The van der Waals surface area contributed by atoms with E-state index in [-0.39, 0.29) is 29.0 Å². The first-order chi connectivity index (χ1) is 12.9. The first-order valence-corrected chi connectivity index (χ1v) is 11.0. The lowest BCUT2D eigenvalue weighted by atomic mass is 10.1. The van der Waals surface area contributed by atoms with Gasteiger partial charge in [-0.15, -0.1) is 0 Å². The number of rotatable bonds is 7. The van der Waals surface area contributed by atoms with Gasteiger partial charge in [-0.2, -0.15) is 4.31 Å². The second-order valence-corrected chi connectivity index (χ2v) is 9.16. The number of likely N-dealkylation sites (tertiary alicyclic amines) is 1. The molecule has 7 nitrogen and oxygen atoms in total. The Labute approximate surface area is 160 Å². The Morgan fingerprint density at radius 1 is 1.19 bits per heavy atom. The topological polar surface area (TPSA) is 86.8 Å². The number of sulfonamides is 1. The lowest BCUT2D eigenvalue weighted by Gasteiger charge is -2.17. The van der Waals surface area contributed by atoms with Crippen LogP contribution in [0.1, 0.15) is 39.0 Å². The van der Waals surface area contributed by atoms with Gasteiger partial charge in [0.15, 0.2) is 0 Å². The summed E-state index contributed by atoms with van der Waals surface area (Å²) in [5.74, 6) is -0.532. The summed E-state index contributed by atoms with van der Waals surface area (Å²) in [6.07, 6.45) is 3.96. The van der Waals surface area contributed by atoms with Gasteiger partial charge in [0.25, 0.3) is 0 Å². The van der Waals surface area contributed by atoms with Gasteiger partial charge in [-0.3, -0.25) is 9.59 Å². The summed E-state index contributed by atoms with van der Waals surface area (Å²) in [5, 5.41) is 2.80. The van der Waals surface area contributed by atoms with E-state index < -0.39 is 10.0 Å². The third-order valence-electron chi connectivity index (χ3n) is 5.19. The SMILES string of the molecule is CCCCN1CC(C(=O)Nc2ccc(S(=O)(=O)N3CCCC3)cc2)CC1=O. The molecule has 27 heavy (non-hydrogen) atoms. The molecular formula is C19H27N3O4S. The lowest BCUT2D eigenvalue weighted by molar-refractivity contribution is -0.128. The molecule has 2 saturated heterocycles. The zero-order valence-corrected chi connectivity index (χ0v) is 16.5. The van der Waals surface area contributed by atoms with Gasteiger partial charge in [0, 0.05) is 38.3 Å². The van der Waals surface area contributed by atoms with E-state index in [0.717, 1.165) is 25.7 Å². The second-order valence-electron chi connectivity index (χ2n) is 7.22. The minimum absolute atomic E-state index is 0.0238. The molecule has 2 amide bonds. The standard InChI is InChI=1S/C19H27N3O4S/c1-2-3-10-21-14-15(13-18(21)23)19(24)20-16-6-8-17(9-7-16)27(25,26)22-11-4-5-12-22/h6-9,15H,2-5,10-14H2,1H3,(H,20,24). The molecule has 0 aliphatic carbocycles. The highest BCUT2D eigenvalue weighted by Crippen LogP contribution is 2.24. The van der Waals surface area contributed by atoms with Crippen molar-refractivity contribution in [3.8, 4) is 0 Å². The van der Waals surface area contributed by atoms with Crippen LogP contribution in [-0.4, -0.2) is 55.6 Å². The molecule has 2 aliphatic heterocycles. The number of carbonyl (C=O) groups excluding carboxylic acids is 2. The quantitative estimate of drug-likeness (QED) is 0.768. The first kappa shape index (κ1) is 19.8. The second kappa shape index (κ2) is 8.39. The monoisotopic (exact) mass is 393 g/mol. The molecule has 1 atom stereocenters. The van der Waals surface area contributed by atoms with Crippen LogP contribution in [0.4, 0.5) is 5.69 Å². The van der Waals surface area contributed by atoms with Crippen LogP contribution in [0, 0.1) is 5.92 Å². The predicted molar refractivity (Wildman–Crippen MR) is 103 cm³/mol. The lowest BCUT2D eigenvalue weighted by Crippen LogP contribution is -2.29. The average Bonchev–Trinajstić information content (AvgIpc) is 3.31. The van der Waals surface area contributed by atoms with Gasteiger partial charge >= 0.3 is 0 Å². The van der Waals surface area contributed by atoms with Gasteiger partial charge < -0.3 is 10.2 Å². The number of benzene rings is 1. The normalized spacial score (nSPS) is 21.0. The van der Waals surface area contributed by atoms with E-state index >= 15 is 0 Å². The van der Waals surface area contributed by atoms with Crippen LogP contribution < -0.4 is 5.32 Å². The Bertz CT molecular complexity index is 786. The van der Waals surface area contributed by atoms with Gasteiger partial charge in [-0.05, 0) is 43.5 Å².